The normalized spacial score (nSPS) is 21.6. The highest BCUT2D eigenvalue weighted by Gasteiger charge is 2.27. The van der Waals surface area contributed by atoms with Crippen LogP contribution in [0, 0.1) is 0 Å². The van der Waals surface area contributed by atoms with Gasteiger partial charge in [-0.3, -0.25) is 4.40 Å². The van der Waals surface area contributed by atoms with Crippen molar-refractivity contribution in [3.8, 4) is 0 Å². The van der Waals surface area contributed by atoms with Gasteiger partial charge in [-0.05, 0) is 13.3 Å². The van der Waals surface area contributed by atoms with Crippen LogP contribution in [0.1, 0.15) is 26.0 Å². The monoisotopic (exact) mass is 294 g/mol. The number of fused-ring (bicyclic) bond motifs is 1. The molecule has 0 bridgehead atoms. The first kappa shape index (κ1) is 13.9. The van der Waals surface area contributed by atoms with E-state index in [4.69, 9.17) is 15.5 Å². The van der Waals surface area contributed by atoms with Crippen molar-refractivity contribution in [3.05, 3.63) is 17.3 Å². The third-order valence-electron chi connectivity index (χ3n) is 3.83. The minimum Gasteiger partial charge on any atom is -0.377 e. The molecule has 0 radical (unpaired) electrons. The molecule has 2 aromatic heterocycles. The topological polar surface area (TPSA) is 55.8 Å². The second kappa shape index (κ2) is 5.71. The van der Waals surface area contributed by atoms with Crippen molar-refractivity contribution in [1.29, 1.82) is 0 Å². The number of aromatic nitrogens is 2. The number of nitrogens with zero attached hydrogens (tertiary/aromatic N) is 3. The van der Waals surface area contributed by atoms with Crippen LogP contribution >= 0.6 is 11.3 Å². The van der Waals surface area contributed by atoms with Gasteiger partial charge in [0.15, 0.2) is 10.8 Å². The zero-order valence-corrected chi connectivity index (χ0v) is 12.9. The van der Waals surface area contributed by atoms with Crippen LogP contribution in [0.15, 0.2) is 11.6 Å². The predicted molar refractivity (Wildman–Crippen MR) is 82.7 cm³/mol. The number of hydrogen-bond acceptors (Lipinski definition) is 5. The predicted octanol–water partition coefficient (Wildman–Crippen LogP) is 1.90. The average Bonchev–Trinajstić information content (AvgIpc) is 3.01. The van der Waals surface area contributed by atoms with Gasteiger partial charge < -0.3 is 15.4 Å². The fourth-order valence-electron chi connectivity index (χ4n) is 2.82. The Balaban J connectivity index is 2.02. The maximum atomic E-state index is 6.03. The fraction of sp³-hybridized carbons (Fsp3) is 0.643. The number of imidazole rings is 1. The van der Waals surface area contributed by atoms with E-state index >= 15 is 0 Å². The molecule has 0 aromatic carbocycles. The number of hydrogen-bond donors (Lipinski definition) is 1. The van der Waals surface area contributed by atoms with Gasteiger partial charge >= 0.3 is 0 Å². The molecule has 1 fully saturated rings. The van der Waals surface area contributed by atoms with Gasteiger partial charge in [-0.1, -0.05) is 6.92 Å². The zero-order chi connectivity index (χ0) is 14.1. The van der Waals surface area contributed by atoms with Crippen molar-refractivity contribution in [1.82, 2.24) is 9.38 Å². The Labute approximate surface area is 123 Å². The van der Waals surface area contributed by atoms with Crippen LogP contribution in [0.2, 0.25) is 0 Å². The lowest BCUT2D eigenvalue weighted by atomic mass is 10.1. The Morgan fingerprint density at radius 1 is 1.60 bits per heavy atom. The van der Waals surface area contributed by atoms with Gasteiger partial charge in [-0.2, -0.15) is 0 Å². The lowest BCUT2D eigenvalue weighted by Crippen LogP contribution is -2.46. The Morgan fingerprint density at radius 3 is 3.20 bits per heavy atom. The summed E-state index contributed by atoms with van der Waals surface area (Å²) in [5.74, 6) is 1.10. The maximum Gasteiger partial charge on any atom is 0.195 e. The second-order valence-corrected chi connectivity index (χ2v) is 6.32. The second-order valence-electron chi connectivity index (χ2n) is 5.45. The van der Waals surface area contributed by atoms with Crippen molar-refractivity contribution in [2.75, 3.05) is 24.7 Å². The standard InChI is InChI=1S/C14H22N4OS/c1-3-11-9-19-6-4-17(11)13-12(8-10(2)15)18-5-7-20-14(18)16-13/h5,7,10-11H,3-4,6,8-9,15H2,1-2H3. The molecule has 1 aliphatic heterocycles. The molecule has 6 heteroatoms. The van der Waals surface area contributed by atoms with Gasteiger partial charge in [0.05, 0.1) is 24.9 Å². The number of anilines is 1. The van der Waals surface area contributed by atoms with Crippen molar-refractivity contribution in [2.45, 2.75) is 38.8 Å². The van der Waals surface area contributed by atoms with Crippen LogP contribution in [0.3, 0.4) is 0 Å². The van der Waals surface area contributed by atoms with Crippen molar-refractivity contribution in [3.63, 3.8) is 0 Å². The summed E-state index contributed by atoms with van der Waals surface area (Å²) in [4.78, 5) is 8.30. The van der Waals surface area contributed by atoms with E-state index in [1.54, 1.807) is 11.3 Å². The highest BCUT2D eigenvalue weighted by Crippen LogP contribution is 2.28. The molecule has 0 aliphatic carbocycles. The lowest BCUT2D eigenvalue weighted by molar-refractivity contribution is 0.0925. The smallest absolute Gasteiger partial charge is 0.195 e. The molecule has 2 atom stereocenters. The van der Waals surface area contributed by atoms with Gasteiger partial charge in [0.2, 0.25) is 0 Å². The van der Waals surface area contributed by atoms with Gasteiger partial charge in [-0.15, -0.1) is 11.3 Å². The number of rotatable bonds is 4. The molecule has 0 saturated carbocycles. The molecule has 2 aromatic rings. The van der Waals surface area contributed by atoms with Crippen LogP contribution in [-0.2, 0) is 11.2 Å². The molecule has 2 unspecified atom stereocenters. The van der Waals surface area contributed by atoms with E-state index < -0.39 is 0 Å². The number of nitrogens with two attached hydrogens (primary N) is 1. The summed E-state index contributed by atoms with van der Waals surface area (Å²) in [6.45, 7) is 6.73. The highest BCUT2D eigenvalue weighted by atomic mass is 32.1. The van der Waals surface area contributed by atoms with Crippen LogP contribution < -0.4 is 10.6 Å². The Bertz CT molecular complexity index is 577. The van der Waals surface area contributed by atoms with E-state index in [-0.39, 0.29) is 6.04 Å². The molecule has 5 nitrogen and oxygen atoms in total. The molecule has 3 rings (SSSR count). The summed E-state index contributed by atoms with van der Waals surface area (Å²) in [5.41, 5.74) is 7.26. The van der Waals surface area contributed by atoms with Crippen LogP contribution in [0.25, 0.3) is 4.96 Å². The summed E-state index contributed by atoms with van der Waals surface area (Å²) in [5, 5.41) is 2.08. The molecule has 1 aliphatic rings. The molecule has 0 spiro atoms. The van der Waals surface area contributed by atoms with Gasteiger partial charge in [0, 0.05) is 30.6 Å². The lowest BCUT2D eigenvalue weighted by Gasteiger charge is -2.36. The molecular formula is C14H22N4OS. The van der Waals surface area contributed by atoms with Crippen LogP contribution in [0.4, 0.5) is 5.82 Å². The summed E-state index contributed by atoms with van der Waals surface area (Å²) in [7, 11) is 0. The minimum atomic E-state index is 0.134. The first-order chi connectivity index (χ1) is 9.70. The molecule has 110 valence electrons. The van der Waals surface area contributed by atoms with Gasteiger partial charge in [-0.25, -0.2) is 4.98 Å². The van der Waals surface area contributed by atoms with Gasteiger partial charge in [0.25, 0.3) is 0 Å². The highest BCUT2D eigenvalue weighted by molar-refractivity contribution is 7.15. The maximum absolute atomic E-state index is 6.03. The van der Waals surface area contributed by atoms with E-state index in [1.165, 1.54) is 5.69 Å². The van der Waals surface area contributed by atoms with E-state index in [2.05, 4.69) is 27.8 Å². The molecule has 3 heterocycles. The quantitative estimate of drug-likeness (QED) is 0.936. The van der Waals surface area contributed by atoms with E-state index in [1.807, 2.05) is 6.92 Å². The Hall–Kier alpha value is -1.11. The first-order valence-corrected chi connectivity index (χ1v) is 8.13. The summed E-state index contributed by atoms with van der Waals surface area (Å²) in [6.07, 6.45) is 4.01. The molecule has 0 amide bonds. The minimum absolute atomic E-state index is 0.134. The van der Waals surface area contributed by atoms with E-state index in [0.717, 1.165) is 43.4 Å². The summed E-state index contributed by atoms with van der Waals surface area (Å²) >= 11 is 1.68. The molecule has 1 saturated heterocycles. The third kappa shape index (κ3) is 2.43. The largest absolute Gasteiger partial charge is 0.377 e. The SMILES string of the molecule is CCC1COCCN1c1nc2sccn2c1CC(C)N. The fourth-order valence-corrected chi connectivity index (χ4v) is 3.55. The molecular weight excluding hydrogens is 272 g/mol. The van der Waals surface area contributed by atoms with Crippen LogP contribution in [-0.4, -0.2) is 41.2 Å². The zero-order valence-electron chi connectivity index (χ0n) is 12.1. The first-order valence-electron chi connectivity index (χ1n) is 7.25. The van der Waals surface area contributed by atoms with E-state index in [9.17, 15) is 0 Å². The Kier molecular flexibility index (Phi) is 3.96. The summed E-state index contributed by atoms with van der Waals surface area (Å²) < 4.78 is 7.79. The number of thiazole rings is 1. The molecule has 20 heavy (non-hydrogen) atoms. The van der Waals surface area contributed by atoms with Crippen molar-refractivity contribution in [2.24, 2.45) is 5.73 Å². The Morgan fingerprint density at radius 2 is 2.45 bits per heavy atom. The summed E-state index contributed by atoms with van der Waals surface area (Å²) in [6, 6.07) is 0.551. The number of morpholine rings is 1. The van der Waals surface area contributed by atoms with E-state index in [0.29, 0.717) is 6.04 Å². The van der Waals surface area contributed by atoms with Crippen molar-refractivity contribution < 1.29 is 4.74 Å². The number of ether oxygens (including phenoxy) is 1. The van der Waals surface area contributed by atoms with Gasteiger partial charge in [0.1, 0.15) is 0 Å². The average molecular weight is 294 g/mol. The van der Waals surface area contributed by atoms with Crippen molar-refractivity contribution >= 4 is 22.1 Å². The molecule has 2 N–H and O–H groups in total. The van der Waals surface area contributed by atoms with Crippen LogP contribution in [0.5, 0.6) is 0 Å². The third-order valence-corrected chi connectivity index (χ3v) is 4.58.